The van der Waals surface area contributed by atoms with Crippen LogP contribution in [-0.2, 0) is 9.47 Å². The monoisotopic (exact) mass is 385 g/mol. The number of anilines is 1. The van der Waals surface area contributed by atoms with Gasteiger partial charge in [-0.15, -0.1) is 0 Å². The normalized spacial score (nSPS) is 14.7. The molecule has 142 valence electrons. The first-order valence-electron chi connectivity index (χ1n) is 7.50. The summed E-state index contributed by atoms with van der Waals surface area (Å²) in [5, 5.41) is 53.8. The molecule has 0 aliphatic rings. The number of aliphatic hydroxyl groups is 3. The molecule has 0 aromatic heterocycles. The van der Waals surface area contributed by atoms with Gasteiger partial charge in [-0.2, -0.15) is 0 Å². The summed E-state index contributed by atoms with van der Waals surface area (Å²) < 4.78 is 9.50. The molecule has 8 nitrogen and oxygen atoms in total. The van der Waals surface area contributed by atoms with E-state index in [4.69, 9.17) is 21.1 Å². The first-order valence-corrected chi connectivity index (χ1v) is 7.88. The third-order valence-corrected chi connectivity index (χ3v) is 4.03. The minimum absolute atomic E-state index is 0.0672. The van der Waals surface area contributed by atoms with Gasteiger partial charge in [0.2, 0.25) is 0 Å². The number of ether oxygens (including phenoxy) is 2. The van der Waals surface area contributed by atoms with Crippen molar-refractivity contribution in [1.82, 2.24) is 0 Å². The molecule has 0 heterocycles. The standard InChI is InChI=1S/C17H20ClNO7/c1-25-16(23)10-7-11(14(21)12(13(10)20)17(24)26-2)19-15(22)8-3-5-9(18)6-4-8/h3-7,15-17,19-24H,1-2H3. The Hall–Kier alpha value is -2.07. The molecule has 9 heteroatoms. The number of rotatable bonds is 7. The van der Waals surface area contributed by atoms with Crippen LogP contribution in [0.25, 0.3) is 0 Å². The average molecular weight is 386 g/mol. The maximum Gasteiger partial charge on any atom is 0.188 e. The fourth-order valence-corrected chi connectivity index (χ4v) is 2.48. The van der Waals surface area contributed by atoms with E-state index in [2.05, 4.69) is 5.32 Å². The van der Waals surface area contributed by atoms with Gasteiger partial charge in [-0.3, -0.25) is 0 Å². The van der Waals surface area contributed by atoms with Crippen molar-refractivity contribution in [3.8, 4) is 11.5 Å². The molecule has 6 N–H and O–H groups in total. The fraction of sp³-hybridized carbons (Fsp3) is 0.294. The smallest absolute Gasteiger partial charge is 0.188 e. The van der Waals surface area contributed by atoms with Crippen LogP contribution in [-0.4, -0.2) is 39.8 Å². The molecule has 3 unspecified atom stereocenters. The van der Waals surface area contributed by atoms with Crippen molar-refractivity contribution in [2.75, 3.05) is 19.5 Å². The van der Waals surface area contributed by atoms with E-state index < -0.39 is 30.3 Å². The van der Waals surface area contributed by atoms with Crippen molar-refractivity contribution >= 4 is 17.3 Å². The summed E-state index contributed by atoms with van der Waals surface area (Å²) in [6, 6.07) is 7.50. The van der Waals surface area contributed by atoms with Crippen molar-refractivity contribution in [2.24, 2.45) is 0 Å². The molecule has 0 bridgehead atoms. The van der Waals surface area contributed by atoms with E-state index in [1.54, 1.807) is 24.3 Å². The molecule has 2 aromatic carbocycles. The van der Waals surface area contributed by atoms with Crippen LogP contribution in [0.3, 0.4) is 0 Å². The first kappa shape index (κ1) is 20.2. The van der Waals surface area contributed by atoms with Crippen LogP contribution < -0.4 is 5.32 Å². The van der Waals surface area contributed by atoms with Crippen LogP contribution in [0.1, 0.15) is 35.5 Å². The van der Waals surface area contributed by atoms with E-state index in [0.29, 0.717) is 10.6 Å². The molecule has 0 amide bonds. The number of phenolic OH excluding ortho intramolecular Hbond substituents is 2. The van der Waals surface area contributed by atoms with E-state index in [1.807, 2.05) is 0 Å². The predicted molar refractivity (Wildman–Crippen MR) is 93.7 cm³/mol. The second-order valence-electron chi connectivity index (χ2n) is 5.40. The van der Waals surface area contributed by atoms with Crippen LogP contribution in [0.5, 0.6) is 11.5 Å². The lowest BCUT2D eigenvalue weighted by atomic mass is 10.0. The van der Waals surface area contributed by atoms with Gasteiger partial charge in [0.15, 0.2) is 24.6 Å². The summed E-state index contributed by atoms with van der Waals surface area (Å²) in [5.74, 6) is -1.16. The second kappa shape index (κ2) is 8.54. The highest BCUT2D eigenvalue weighted by atomic mass is 35.5. The molecular formula is C17H20ClNO7. The summed E-state index contributed by atoms with van der Waals surface area (Å²) in [6.45, 7) is 0. The zero-order valence-corrected chi connectivity index (χ0v) is 14.8. The summed E-state index contributed by atoms with van der Waals surface area (Å²) in [4.78, 5) is 0. The molecule has 0 saturated heterocycles. The molecule has 0 fully saturated rings. The Kier molecular flexibility index (Phi) is 6.65. The Balaban J connectivity index is 2.47. The molecule has 2 aromatic rings. The van der Waals surface area contributed by atoms with E-state index in [1.165, 1.54) is 20.3 Å². The SMILES string of the molecule is COC(O)c1cc(NC(O)c2ccc(Cl)cc2)c(O)c(C(O)OC)c1O. The van der Waals surface area contributed by atoms with Gasteiger partial charge >= 0.3 is 0 Å². The Morgan fingerprint density at radius 1 is 0.923 bits per heavy atom. The topological polar surface area (TPSA) is 132 Å². The lowest BCUT2D eigenvalue weighted by Crippen LogP contribution is -2.13. The van der Waals surface area contributed by atoms with E-state index >= 15 is 0 Å². The molecule has 26 heavy (non-hydrogen) atoms. The fourth-order valence-electron chi connectivity index (χ4n) is 2.36. The third-order valence-electron chi connectivity index (χ3n) is 3.78. The largest absolute Gasteiger partial charge is 0.507 e. The highest BCUT2D eigenvalue weighted by Crippen LogP contribution is 2.44. The van der Waals surface area contributed by atoms with Crippen molar-refractivity contribution in [3.63, 3.8) is 0 Å². The predicted octanol–water partition coefficient (Wildman–Crippen LogP) is 2.13. The Labute approximate surface area is 154 Å². The summed E-state index contributed by atoms with van der Waals surface area (Å²) >= 11 is 5.81. The van der Waals surface area contributed by atoms with Gasteiger partial charge < -0.3 is 40.3 Å². The lowest BCUT2D eigenvalue weighted by molar-refractivity contribution is -0.0845. The minimum Gasteiger partial charge on any atom is -0.507 e. The van der Waals surface area contributed by atoms with Gasteiger partial charge in [-0.05, 0) is 18.2 Å². The Bertz CT molecular complexity index is 754. The summed E-state index contributed by atoms with van der Waals surface area (Å²) in [5.41, 5.74) is -0.138. The lowest BCUT2D eigenvalue weighted by Gasteiger charge is -2.22. The van der Waals surface area contributed by atoms with Crippen LogP contribution in [0, 0.1) is 0 Å². The molecule has 0 aliphatic heterocycles. The molecule has 2 rings (SSSR count). The molecule has 0 radical (unpaired) electrons. The maximum absolute atomic E-state index is 10.4. The van der Waals surface area contributed by atoms with Gasteiger partial charge in [0.1, 0.15) is 5.75 Å². The number of halogens is 1. The summed E-state index contributed by atoms with van der Waals surface area (Å²) in [7, 11) is 2.37. The van der Waals surface area contributed by atoms with Gasteiger partial charge in [0.05, 0.1) is 16.8 Å². The average Bonchev–Trinajstić information content (AvgIpc) is 2.63. The molecule has 3 atom stereocenters. The number of phenols is 2. The van der Waals surface area contributed by atoms with Gasteiger partial charge in [-0.1, -0.05) is 23.7 Å². The van der Waals surface area contributed by atoms with Crippen molar-refractivity contribution in [3.05, 3.63) is 52.0 Å². The molecule has 0 spiro atoms. The van der Waals surface area contributed by atoms with Crippen LogP contribution >= 0.6 is 11.6 Å². The van der Waals surface area contributed by atoms with Crippen LogP contribution in [0.15, 0.2) is 30.3 Å². The molecule has 0 aliphatic carbocycles. The van der Waals surface area contributed by atoms with Gasteiger partial charge in [0, 0.05) is 24.8 Å². The van der Waals surface area contributed by atoms with Crippen molar-refractivity contribution in [1.29, 1.82) is 0 Å². The highest BCUT2D eigenvalue weighted by molar-refractivity contribution is 6.30. The van der Waals surface area contributed by atoms with E-state index in [9.17, 15) is 25.5 Å². The Morgan fingerprint density at radius 3 is 2.04 bits per heavy atom. The summed E-state index contributed by atoms with van der Waals surface area (Å²) in [6.07, 6.45) is -4.46. The van der Waals surface area contributed by atoms with Crippen molar-refractivity contribution < 1.29 is 35.0 Å². The number of hydrogen-bond acceptors (Lipinski definition) is 8. The maximum atomic E-state index is 10.4. The zero-order chi connectivity index (χ0) is 19.4. The number of aliphatic hydroxyl groups excluding tert-OH is 3. The van der Waals surface area contributed by atoms with E-state index in [-0.39, 0.29) is 16.8 Å². The third kappa shape index (κ3) is 4.18. The minimum atomic E-state index is -1.67. The van der Waals surface area contributed by atoms with Crippen LogP contribution in [0.4, 0.5) is 5.69 Å². The van der Waals surface area contributed by atoms with Gasteiger partial charge in [0.25, 0.3) is 0 Å². The highest BCUT2D eigenvalue weighted by Gasteiger charge is 2.27. The number of benzene rings is 2. The quantitative estimate of drug-likeness (QED) is 0.243. The number of aromatic hydroxyl groups is 2. The van der Waals surface area contributed by atoms with Crippen LogP contribution in [0.2, 0.25) is 5.02 Å². The molecule has 0 saturated carbocycles. The Morgan fingerprint density at radius 2 is 1.50 bits per heavy atom. The second-order valence-corrected chi connectivity index (χ2v) is 5.84. The number of hydrogen-bond donors (Lipinski definition) is 6. The zero-order valence-electron chi connectivity index (χ0n) is 14.0. The number of methoxy groups -OCH3 is 2. The molecular weight excluding hydrogens is 366 g/mol. The number of nitrogens with one attached hydrogen (secondary N) is 1. The van der Waals surface area contributed by atoms with Gasteiger partial charge in [-0.25, -0.2) is 0 Å². The van der Waals surface area contributed by atoms with Crippen molar-refractivity contribution in [2.45, 2.75) is 18.8 Å². The van der Waals surface area contributed by atoms with E-state index in [0.717, 1.165) is 0 Å². The first-order chi connectivity index (χ1) is 12.3.